The molecule has 2 rings (SSSR count). The maximum atomic E-state index is 4.36. The van der Waals surface area contributed by atoms with Crippen molar-refractivity contribution in [1.82, 2.24) is 14.6 Å². The molecule has 0 bridgehead atoms. The third kappa shape index (κ3) is 2.10. The zero-order chi connectivity index (χ0) is 10.6. The van der Waals surface area contributed by atoms with E-state index in [2.05, 4.69) is 23.9 Å². The number of hydrogen-bond donors (Lipinski definition) is 0. The molecule has 0 amide bonds. The summed E-state index contributed by atoms with van der Waals surface area (Å²) >= 11 is 0. The molecule has 14 heavy (non-hydrogen) atoms. The first-order valence-electron chi connectivity index (χ1n) is 5.08. The lowest BCUT2D eigenvalue weighted by Crippen LogP contribution is -1.90. The normalized spacial score (nSPS) is 10.1. The maximum Gasteiger partial charge on any atom is 0.155 e. The van der Waals surface area contributed by atoms with Crippen LogP contribution in [0, 0.1) is 0 Å². The van der Waals surface area contributed by atoms with Gasteiger partial charge < -0.3 is 0 Å². The predicted molar refractivity (Wildman–Crippen MR) is 58.4 cm³/mol. The van der Waals surface area contributed by atoms with Crippen molar-refractivity contribution in [1.29, 1.82) is 0 Å². The zero-order valence-corrected chi connectivity index (χ0v) is 9.23. The van der Waals surface area contributed by atoms with Crippen LogP contribution in [0.1, 0.15) is 39.4 Å². The van der Waals surface area contributed by atoms with Crippen molar-refractivity contribution in [3.63, 3.8) is 0 Å². The van der Waals surface area contributed by atoms with Gasteiger partial charge in [-0.1, -0.05) is 33.8 Å². The van der Waals surface area contributed by atoms with Gasteiger partial charge >= 0.3 is 0 Å². The highest BCUT2D eigenvalue weighted by molar-refractivity contribution is 5.36. The lowest BCUT2D eigenvalue weighted by molar-refractivity contribution is 0.765. The predicted octanol–water partition coefficient (Wildman–Crippen LogP) is 2.88. The molecule has 0 aliphatic heterocycles. The summed E-state index contributed by atoms with van der Waals surface area (Å²) in [6.07, 6.45) is 1.91. The van der Waals surface area contributed by atoms with Crippen LogP contribution in [-0.2, 0) is 0 Å². The molecule has 2 aromatic heterocycles. The number of aromatic nitrogens is 3. The van der Waals surface area contributed by atoms with E-state index in [1.807, 2.05) is 38.2 Å². The van der Waals surface area contributed by atoms with Crippen LogP contribution in [0.2, 0.25) is 0 Å². The van der Waals surface area contributed by atoms with Crippen LogP contribution >= 0.6 is 0 Å². The van der Waals surface area contributed by atoms with Crippen molar-refractivity contribution in [3.05, 3.63) is 30.2 Å². The van der Waals surface area contributed by atoms with E-state index in [1.54, 1.807) is 4.52 Å². The topological polar surface area (TPSA) is 30.2 Å². The summed E-state index contributed by atoms with van der Waals surface area (Å²) in [6.45, 7) is 8.18. The van der Waals surface area contributed by atoms with E-state index in [-0.39, 0.29) is 0 Å². The molecular weight excluding hydrogens is 174 g/mol. The molecule has 0 atom stereocenters. The molecule has 0 aliphatic carbocycles. The largest absolute Gasteiger partial charge is 0.221 e. The van der Waals surface area contributed by atoms with E-state index < -0.39 is 0 Å². The first-order chi connectivity index (χ1) is 6.77. The second kappa shape index (κ2) is 4.74. The minimum atomic E-state index is 0.393. The summed E-state index contributed by atoms with van der Waals surface area (Å²) in [4.78, 5) is 4.36. The van der Waals surface area contributed by atoms with Crippen LogP contribution in [0.3, 0.4) is 0 Å². The van der Waals surface area contributed by atoms with E-state index in [4.69, 9.17) is 0 Å². The van der Waals surface area contributed by atoms with Crippen molar-refractivity contribution in [2.45, 2.75) is 33.6 Å². The first kappa shape index (κ1) is 10.7. The fraction of sp³-hybridized carbons (Fsp3) is 0.455. The highest BCUT2D eigenvalue weighted by atomic mass is 15.3. The van der Waals surface area contributed by atoms with E-state index in [1.165, 1.54) is 0 Å². The second-order valence-corrected chi connectivity index (χ2v) is 3.13. The number of fused-ring (bicyclic) bond motifs is 1. The van der Waals surface area contributed by atoms with E-state index >= 15 is 0 Å². The zero-order valence-electron chi connectivity index (χ0n) is 9.23. The van der Waals surface area contributed by atoms with Gasteiger partial charge in [0.1, 0.15) is 0 Å². The Morgan fingerprint density at radius 3 is 2.50 bits per heavy atom. The SMILES string of the molecule is CC.CC(C)c1nc2ccccn2n1. The molecule has 0 saturated carbocycles. The lowest BCUT2D eigenvalue weighted by atomic mass is 10.2. The van der Waals surface area contributed by atoms with Crippen LogP contribution in [0.5, 0.6) is 0 Å². The van der Waals surface area contributed by atoms with Gasteiger partial charge in [0.05, 0.1) is 0 Å². The minimum absolute atomic E-state index is 0.393. The molecule has 2 heterocycles. The van der Waals surface area contributed by atoms with Crippen molar-refractivity contribution < 1.29 is 0 Å². The number of nitrogens with zero attached hydrogens (tertiary/aromatic N) is 3. The summed E-state index contributed by atoms with van der Waals surface area (Å²) in [5.74, 6) is 1.30. The number of hydrogen-bond acceptors (Lipinski definition) is 2. The standard InChI is InChI=1S/C9H11N3.C2H6/c1-7(2)9-10-8-5-3-4-6-12(8)11-9;1-2/h3-7H,1-2H3;1-2H3. The quantitative estimate of drug-likeness (QED) is 0.693. The molecule has 3 nitrogen and oxygen atoms in total. The molecular formula is C11H17N3. The first-order valence-corrected chi connectivity index (χ1v) is 5.08. The smallest absolute Gasteiger partial charge is 0.155 e. The van der Waals surface area contributed by atoms with E-state index in [9.17, 15) is 0 Å². The maximum absolute atomic E-state index is 4.36. The minimum Gasteiger partial charge on any atom is -0.221 e. The van der Waals surface area contributed by atoms with Gasteiger partial charge in [-0.15, -0.1) is 0 Å². The number of pyridine rings is 1. The second-order valence-electron chi connectivity index (χ2n) is 3.13. The molecule has 0 unspecified atom stereocenters. The fourth-order valence-corrected chi connectivity index (χ4v) is 1.09. The molecule has 0 aliphatic rings. The molecule has 2 aromatic rings. The Labute approximate surface area is 84.8 Å². The van der Waals surface area contributed by atoms with Crippen molar-refractivity contribution >= 4 is 5.65 Å². The summed E-state index contributed by atoms with van der Waals surface area (Å²) in [5, 5.41) is 4.32. The van der Waals surface area contributed by atoms with E-state index in [0.717, 1.165) is 11.5 Å². The Kier molecular flexibility index (Phi) is 3.63. The monoisotopic (exact) mass is 191 g/mol. The van der Waals surface area contributed by atoms with Gasteiger partial charge in [0.2, 0.25) is 0 Å². The van der Waals surface area contributed by atoms with Crippen LogP contribution in [-0.4, -0.2) is 14.6 Å². The summed E-state index contributed by atoms with van der Waals surface area (Å²) < 4.78 is 1.80. The molecule has 76 valence electrons. The summed E-state index contributed by atoms with van der Waals surface area (Å²) in [5.41, 5.74) is 0.918. The molecule has 3 heteroatoms. The van der Waals surface area contributed by atoms with Gasteiger partial charge in [-0.05, 0) is 12.1 Å². The highest BCUT2D eigenvalue weighted by Crippen LogP contribution is 2.09. The third-order valence-electron chi connectivity index (χ3n) is 1.77. The van der Waals surface area contributed by atoms with Crippen LogP contribution in [0.4, 0.5) is 0 Å². The Morgan fingerprint density at radius 1 is 1.21 bits per heavy atom. The summed E-state index contributed by atoms with van der Waals surface area (Å²) in [7, 11) is 0. The molecule has 0 N–H and O–H groups in total. The van der Waals surface area contributed by atoms with Crippen LogP contribution in [0.15, 0.2) is 24.4 Å². The van der Waals surface area contributed by atoms with E-state index in [0.29, 0.717) is 5.92 Å². The van der Waals surface area contributed by atoms with Crippen molar-refractivity contribution in [2.24, 2.45) is 0 Å². The van der Waals surface area contributed by atoms with Gasteiger partial charge in [0.25, 0.3) is 0 Å². The molecule has 0 radical (unpaired) electrons. The Balaban J connectivity index is 0.000000461. The van der Waals surface area contributed by atoms with Crippen molar-refractivity contribution in [2.75, 3.05) is 0 Å². The average Bonchev–Trinajstić information content (AvgIpc) is 2.64. The van der Waals surface area contributed by atoms with Gasteiger partial charge in [-0.3, -0.25) is 0 Å². The van der Waals surface area contributed by atoms with Gasteiger partial charge in [0, 0.05) is 12.1 Å². The Hall–Kier alpha value is -1.38. The van der Waals surface area contributed by atoms with Gasteiger partial charge in [-0.25, -0.2) is 9.50 Å². The third-order valence-corrected chi connectivity index (χ3v) is 1.77. The summed E-state index contributed by atoms with van der Waals surface area (Å²) in [6, 6.07) is 5.87. The van der Waals surface area contributed by atoms with Crippen LogP contribution < -0.4 is 0 Å². The van der Waals surface area contributed by atoms with Gasteiger partial charge in [0.15, 0.2) is 11.5 Å². The average molecular weight is 191 g/mol. The molecule has 0 saturated heterocycles. The fourth-order valence-electron chi connectivity index (χ4n) is 1.09. The Morgan fingerprint density at radius 2 is 1.93 bits per heavy atom. The molecule has 0 aromatic carbocycles. The molecule has 0 fully saturated rings. The number of rotatable bonds is 1. The molecule has 0 spiro atoms. The van der Waals surface area contributed by atoms with Gasteiger partial charge in [-0.2, -0.15) is 5.10 Å². The Bertz CT molecular complexity index is 357. The van der Waals surface area contributed by atoms with Crippen molar-refractivity contribution in [3.8, 4) is 0 Å². The highest BCUT2D eigenvalue weighted by Gasteiger charge is 2.05. The van der Waals surface area contributed by atoms with Crippen LogP contribution in [0.25, 0.3) is 5.65 Å². The lowest BCUT2D eigenvalue weighted by Gasteiger charge is -1.92.